The van der Waals surface area contributed by atoms with Crippen molar-refractivity contribution >= 4 is 41.9 Å². The Balaban J connectivity index is 2.34. The number of carbonyl (C=O) groups excluding carboxylic acids is 1. The SMILES string of the molecule is CC(C)(C)[Si](C)(C)Oc1cc(C(=O)n2nnc3ccccc32)cc(O[Si](C)(C)C(C)(C)C)c1O[Si](C)(C)C(C)(C)C. The number of carbonyl (C=O) groups is 1. The molecule has 0 aliphatic heterocycles. The van der Waals surface area contributed by atoms with Gasteiger partial charge in [0, 0.05) is 5.56 Å². The molecule has 0 aliphatic carbocycles. The maximum Gasteiger partial charge on any atom is 0.280 e. The minimum absolute atomic E-state index is 0.0520. The summed E-state index contributed by atoms with van der Waals surface area (Å²) in [6, 6.07) is 11.1. The standard InChI is InChI=1S/C31H51N3O4Si3/c1-29(2,3)39(10,11)36-25-20-22(28(35)34-24-19-17-16-18-23(24)32-33-34)21-26(37-40(12,13)30(4,5)6)27(25)38-41(14,15)31(7,8)9/h16-21H,1-15H3. The highest BCUT2D eigenvalue weighted by atomic mass is 28.4. The lowest BCUT2D eigenvalue weighted by Crippen LogP contribution is -2.47. The summed E-state index contributed by atoms with van der Waals surface area (Å²) in [5.41, 5.74) is 1.73. The van der Waals surface area contributed by atoms with Crippen molar-refractivity contribution in [1.29, 1.82) is 0 Å². The van der Waals surface area contributed by atoms with Gasteiger partial charge in [0.2, 0.25) is 0 Å². The van der Waals surface area contributed by atoms with Gasteiger partial charge in [-0.1, -0.05) is 79.7 Å². The van der Waals surface area contributed by atoms with Crippen LogP contribution in [0.5, 0.6) is 17.2 Å². The maximum absolute atomic E-state index is 14.0. The highest BCUT2D eigenvalue weighted by molar-refractivity contribution is 6.76. The predicted octanol–water partition coefficient (Wildman–Crippen LogP) is 9.27. The Labute approximate surface area is 250 Å². The third kappa shape index (κ3) is 6.80. The number of hydrogen-bond acceptors (Lipinski definition) is 6. The van der Waals surface area contributed by atoms with Crippen LogP contribution in [0.15, 0.2) is 36.4 Å². The molecule has 1 aromatic heterocycles. The van der Waals surface area contributed by atoms with Crippen LogP contribution in [0.1, 0.15) is 72.7 Å². The lowest BCUT2D eigenvalue weighted by Gasteiger charge is -2.42. The van der Waals surface area contributed by atoms with Crippen molar-refractivity contribution in [1.82, 2.24) is 15.0 Å². The zero-order valence-electron chi connectivity index (χ0n) is 27.9. The Hall–Kier alpha value is -2.44. The quantitative estimate of drug-likeness (QED) is 0.247. The van der Waals surface area contributed by atoms with E-state index in [-0.39, 0.29) is 21.0 Å². The number of rotatable bonds is 7. The Morgan fingerprint density at radius 2 is 1.10 bits per heavy atom. The van der Waals surface area contributed by atoms with Gasteiger partial charge in [0.1, 0.15) is 17.0 Å². The monoisotopic (exact) mass is 613 g/mol. The van der Waals surface area contributed by atoms with Gasteiger partial charge in [-0.3, -0.25) is 4.79 Å². The van der Waals surface area contributed by atoms with Crippen LogP contribution in [0.25, 0.3) is 11.0 Å². The number of para-hydroxylation sites is 1. The summed E-state index contributed by atoms with van der Waals surface area (Å²) >= 11 is 0. The molecule has 0 atom stereocenters. The second-order valence-electron chi connectivity index (χ2n) is 15.7. The van der Waals surface area contributed by atoms with Crippen molar-refractivity contribution < 1.29 is 18.1 Å². The molecular formula is C31H51N3O4Si3. The van der Waals surface area contributed by atoms with Gasteiger partial charge in [-0.15, -0.1) is 5.10 Å². The number of aromatic nitrogens is 3. The fraction of sp³-hybridized carbons (Fsp3) is 0.581. The summed E-state index contributed by atoms with van der Waals surface area (Å²) in [7, 11) is -7.00. The van der Waals surface area contributed by atoms with E-state index in [2.05, 4.69) is 112 Å². The number of nitrogens with zero attached hydrogens (tertiary/aromatic N) is 3. The molecule has 3 aromatic rings. The molecule has 3 rings (SSSR count). The molecule has 0 spiro atoms. The number of fused-ring (bicyclic) bond motifs is 1. The van der Waals surface area contributed by atoms with Crippen molar-refractivity contribution in [3.05, 3.63) is 42.0 Å². The largest absolute Gasteiger partial charge is 0.541 e. The molecule has 0 saturated carbocycles. The minimum Gasteiger partial charge on any atom is -0.541 e. The van der Waals surface area contributed by atoms with Crippen molar-refractivity contribution in [3.8, 4) is 17.2 Å². The first-order valence-corrected chi connectivity index (χ1v) is 23.2. The summed E-state index contributed by atoms with van der Waals surface area (Å²) in [5, 5.41) is 8.23. The van der Waals surface area contributed by atoms with Crippen molar-refractivity contribution in [2.45, 2.75) is 117 Å². The van der Waals surface area contributed by atoms with E-state index in [0.717, 1.165) is 0 Å². The van der Waals surface area contributed by atoms with Gasteiger partial charge >= 0.3 is 0 Å². The zero-order valence-corrected chi connectivity index (χ0v) is 30.9. The Bertz CT molecular complexity index is 1380. The first-order chi connectivity index (χ1) is 18.4. The van der Waals surface area contributed by atoms with Crippen LogP contribution in [0.3, 0.4) is 0 Å². The summed E-state index contributed by atoms with van der Waals surface area (Å²) < 4.78 is 22.3. The molecular weight excluding hydrogens is 563 g/mol. The average molecular weight is 614 g/mol. The van der Waals surface area contributed by atoms with Gasteiger partial charge in [0.25, 0.3) is 30.9 Å². The van der Waals surface area contributed by atoms with Crippen LogP contribution in [-0.2, 0) is 0 Å². The second kappa shape index (κ2) is 10.7. The van der Waals surface area contributed by atoms with E-state index in [0.29, 0.717) is 33.8 Å². The Morgan fingerprint density at radius 1 is 0.683 bits per heavy atom. The maximum atomic E-state index is 14.0. The molecule has 0 aliphatic rings. The summed E-state index contributed by atoms with van der Waals surface area (Å²) in [4.78, 5) is 14.0. The summed E-state index contributed by atoms with van der Waals surface area (Å²) in [5.74, 6) is 1.43. The predicted molar refractivity (Wildman–Crippen MR) is 177 cm³/mol. The molecule has 226 valence electrons. The van der Waals surface area contributed by atoms with Gasteiger partial charge in [0.15, 0.2) is 5.75 Å². The first kappa shape index (κ1) is 33.1. The summed E-state index contributed by atoms with van der Waals surface area (Å²) in [6.45, 7) is 33.2. The van der Waals surface area contributed by atoms with Gasteiger partial charge in [-0.25, -0.2) is 0 Å². The van der Waals surface area contributed by atoms with E-state index in [4.69, 9.17) is 13.3 Å². The molecule has 0 bridgehead atoms. The van der Waals surface area contributed by atoms with E-state index in [1.165, 1.54) is 4.68 Å². The molecule has 41 heavy (non-hydrogen) atoms. The molecule has 0 N–H and O–H groups in total. The van der Waals surface area contributed by atoms with Gasteiger partial charge in [-0.2, -0.15) is 4.68 Å². The molecule has 2 aromatic carbocycles. The average Bonchev–Trinajstić information content (AvgIpc) is 3.22. The smallest absolute Gasteiger partial charge is 0.280 e. The molecule has 0 saturated heterocycles. The number of benzene rings is 2. The van der Waals surface area contributed by atoms with Crippen LogP contribution >= 0.6 is 0 Å². The fourth-order valence-corrected chi connectivity index (χ4v) is 6.39. The van der Waals surface area contributed by atoms with Crippen LogP contribution in [0.2, 0.25) is 54.4 Å². The second-order valence-corrected chi connectivity index (χ2v) is 29.9. The zero-order chi connectivity index (χ0) is 31.4. The normalized spacial score (nSPS) is 13.8. The topological polar surface area (TPSA) is 75.5 Å². The highest BCUT2D eigenvalue weighted by Gasteiger charge is 2.45. The number of hydrogen-bond donors (Lipinski definition) is 0. The van der Waals surface area contributed by atoms with Gasteiger partial charge in [0.05, 0.1) is 5.52 Å². The van der Waals surface area contributed by atoms with Crippen LogP contribution < -0.4 is 13.3 Å². The minimum atomic E-state index is -2.34. The third-order valence-corrected chi connectivity index (χ3v) is 22.3. The first-order valence-electron chi connectivity index (χ1n) is 14.5. The van der Waals surface area contributed by atoms with Crippen LogP contribution in [0.4, 0.5) is 0 Å². The Morgan fingerprint density at radius 3 is 1.54 bits per heavy atom. The Kier molecular flexibility index (Phi) is 8.61. The van der Waals surface area contributed by atoms with Crippen molar-refractivity contribution in [2.24, 2.45) is 0 Å². The fourth-order valence-electron chi connectivity index (χ4n) is 3.36. The van der Waals surface area contributed by atoms with Gasteiger partial charge < -0.3 is 13.3 Å². The molecule has 1 heterocycles. The highest BCUT2D eigenvalue weighted by Crippen LogP contribution is 2.50. The molecule has 10 heteroatoms. The van der Waals surface area contributed by atoms with Crippen LogP contribution in [0, 0.1) is 0 Å². The van der Waals surface area contributed by atoms with E-state index in [1.54, 1.807) is 0 Å². The van der Waals surface area contributed by atoms with E-state index >= 15 is 0 Å². The van der Waals surface area contributed by atoms with Crippen molar-refractivity contribution in [3.63, 3.8) is 0 Å². The van der Waals surface area contributed by atoms with E-state index in [1.807, 2.05) is 36.4 Å². The van der Waals surface area contributed by atoms with Crippen molar-refractivity contribution in [2.75, 3.05) is 0 Å². The molecule has 0 fully saturated rings. The van der Waals surface area contributed by atoms with E-state index < -0.39 is 25.0 Å². The molecule has 7 nitrogen and oxygen atoms in total. The lowest BCUT2D eigenvalue weighted by atomic mass is 10.1. The summed E-state index contributed by atoms with van der Waals surface area (Å²) in [6.07, 6.45) is 0. The molecule has 0 radical (unpaired) electrons. The third-order valence-electron chi connectivity index (χ3n) is 9.32. The van der Waals surface area contributed by atoms with Gasteiger partial charge in [-0.05, 0) is 78.7 Å². The molecule has 0 amide bonds. The van der Waals surface area contributed by atoms with E-state index in [9.17, 15) is 4.79 Å². The van der Waals surface area contributed by atoms with Crippen LogP contribution in [-0.4, -0.2) is 45.9 Å². The lowest BCUT2D eigenvalue weighted by molar-refractivity contribution is 0.0947. The molecule has 0 unspecified atom stereocenters.